The smallest absolute Gasteiger partial charge is 0.387 e. The molecule has 0 aliphatic rings. The highest BCUT2D eigenvalue weighted by Gasteiger charge is 2.11. The number of benzene rings is 1. The molecule has 1 N–H and O–H groups in total. The molecule has 1 aromatic rings. The number of halogens is 2. The van der Waals surface area contributed by atoms with Gasteiger partial charge in [-0.05, 0) is 18.2 Å². The Morgan fingerprint density at radius 2 is 2.19 bits per heavy atom. The summed E-state index contributed by atoms with van der Waals surface area (Å²) < 4.78 is 32.9. The molecule has 16 heavy (non-hydrogen) atoms. The molecule has 0 fully saturated rings. The number of carboxylic acids is 1. The average Bonchev–Trinajstić information content (AvgIpc) is 2.16. The van der Waals surface area contributed by atoms with Crippen LogP contribution >= 0.6 is 0 Å². The Morgan fingerprint density at radius 3 is 2.69 bits per heavy atom. The first-order valence-electron chi connectivity index (χ1n) is 4.36. The maximum atomic E-state index is 11.9. The highest BCUT2D eigenvalue weighted by Crippen LogP contribution is 2.25. The fourth-order valence-corrected chi connectivity index (χ4v) is 1.23. The highest BCUT2D eigenvalue weighted by molar-refractivity contribution is 5.71. The third-order valence-electron chi connectivity index (χ3n) is 1.82. The van der Waals surface area contributed by atoms with Crippen LogP contribution in [-0.2, 0) is 11.2 Å². The predicted molar refractivity (Wildman–Crippen MR) is 51.0 cm³/mol. The number of rotatable bonds is 5. The molecule has 0 spiro atoms. The summed E-state index contributed by atoms with van der Waals surface area (Å²) in [5.74, 6) is -0.844. The van der Waals surface area contributed by atoms with Gasteiger partial charge in [-0.1, -0.05) is 0 Å². The summed E-state index contributed by atoms with van der Waals surface area (Å²) in [5.41, 5.74) is 0.285. The third-order valence-corrected chi connectivity index (χ3v) is 1.82. The van der Waals surface area contributed by atoms with Gasteiger partial charge in [-0.15, -0.1) is 0 Å². The molecule has 0 aliphatic heterocycles. The molecule has 1 rings (SSSR count). The number of ether oxygens (including phenoxy) is 2. The van der Waals surface area contributed by atoms with Crippen LogP contribution in [0.4, 0.5) is 8.78 Å². The van der Waals surface area contributed by atoms with Crippen LogP contribution in [0.2, 0.25) is 0 Å². The van der Waals surface area contributed by atoms with Crippen LogP contribution in [-0.4, -0.2) is 24.8 Å². The molecule has 0 aliphatic carbocycles. The van der Waals surface area contributed by atoms with Gasteiger partial charge >= 0.3 is 12.6 Å². The van der Waals surface area contributed by atoms with Gasteiger partial charge in [0, 0.05) is 5.56 Å². The van der Waals surface area contributed by atoms with Crippen molar-refractivity contribution in [1.82, 2.24) is 0 Å². The summed E-state index contributed by atoms with van der Waals surface area (Å²) in [5, 5.41) is 8.62. The molecule has 4 nitrogen and oxygen atoms in total. The van der Waals surface area contributed by atoms with Crippen molar-refractivity contribution in [2.45, 2.75) is 13.0 Å². The molecule has 6 heteroatoms. The van der Waals surface area contributed by atoms with Crippen LogP contribution in [0, 0.1) is 0 Å². The van der Waals surface area contributed by atoms with Gasteiger partial charge in [0.15, 0.2) is 0 Å². The largest absolute Gasteiger partial charge is 0.496 e. The molecule has 0 atom stereocenters. The lowest BCUT2D eigenvalue weighted by molar-refractivity contribution is -0.136. The van der Waals surface area contributed by atoms with Crippen molar-refractivity contribution in [2.75, 3.05) is 7.11 Å². The SMILES string of the molecule is COc1ccc(OC(F)F)cc1CC(=O)O. The van der Waals surface area contributed by atoms with Gasteiger partial charge in [0.1, 0.15) is 11.5 Å². The number of carboxylic acid groups (broad SMARTS) is 1. The summed E-state index contributed by atoms with van der Waals surface area (Å²) in [4.78, 5) is 10.5. The van der Waals surface area contributed by atoms with Crippen LogP contribution in [0.25, 0.3) is 0 Å². The standard InChI is InChI=1S/C10H10F2O4/c1-15-8-3-2-7(16-10(11)12)4-6(8)5-9(13)14/h2-4,10H,5H2,1H3,(H,13,14). The van der Waals surface area contributed by atoms with Crippen LogP contribution < -0.4 is 9.47 Å². The Bertz CT molecular complexity index is 379. The lowest BCUT2D eigenvalue weighted by atomic mass is 10.1. The number of alkyl halides is 2. The monoisotopic (exact) mass is 232 g/mol. The predicted octanol–water partition coefficient (Wildman–Crippen LogP) is 1.92. The van der Waals surface area contributed by atoms with Crippen LogP contribution in [0.15, 0.2) is 18.2 Å². The first kappa shape index (κ1) is 12.2. The zero-order valence-corrected chi connectivity index (χ0v) is 8.44. The van der Waals surface area contributed by atoms with E-state index in [1.54, 1.807) is 0 Å². The minimum atomic E-state index is -2.94. The van der Waals surface area contributed by atoms with Crippen molar-refractivity contribution in [3.63, 3.8) is 0 Å². The van der Waals surface area contributed by atoms with Crippen molar-refractivity contribution < 1.29 is 28.2 Å². The fourth-order valence-electron chi connectivity index (χ4n) is 1.23. The minimum absolute atomic E-state index is 0.0907. The van der Waals surface area contributed by atoms with E-state index < -0.39 is 12.6 Å². The van der Waals surface area contributed by atoms with Gasteiger partial charge in [-0.25, -0.2) is 0 Å². The Morgan fingerprint density at radius 1 is 1.50 bits per heavy atom. The zero-order chi connectivity index (χ0) is 12.1. The zero-order valence-electron chi connectivity index (χ0n) is 8.44. The van der Waals surface area contributed by atoms with Crippen molar-refractivity contribution in [3.05, 3.63) is 23.8 Å². The molecule has 0 saturated heterocycles. The summed E-state index contributed by atoms with van der Waals surface area (Å²) in [6.45, 7) is -2.94. The summed E-state index contributed by atoms with van der Waals surface area (Å²) in [7, 11) is 1.37. The molecule has 0 saturated carbocycles. The molecule has 0 radical (unpaired) electrons. The second kappa shape index (κ2) is 5.29. The minimum Gasteiger partial charge on any atom is -0.496 e. The molecule has 88 valence electrons. The third kappa shape index (κ3) is 3.38. The van der Waals surface area contributed by atoms with Gasteiger partial charge in [-0.3, -0.25) is 4.79 Å². The maximum Gasteiger partial charge on any atom is 0.387 e. The maximum absolute atomic E-state index is 11.9. The number of hydrogen-bond acceptors (Lipinski definition) is 3. The Balaban J connectivity index is 2.96. The van der Waals surface area contributed by atoms with Gasteiger partial charge in [0.05, 0.1) is 13.5 Å². The number of hydrogen-bond donors (Lipinski definition) is 1. The highest BCUT2D eigenvalue weighted by atomic mass is 19.3. The van der Waals surface area contributed by atoms with E-state index in [9.17, 15) is 13.6 Å². The van der Waals surface area contributed by atoms with Gasteiger partial charge < -0.3 is 14.6 Å². The molecule has 0 unspecified atom stereocenters. The Hall–Kier alpha value is -1.85. The first-order chi connectivity index (χ1) is 7.52. The normalized spacial score (nSPS) is 10.2. The van der Waals surface area contributed by atoms with E-state index in [1.807, 2.05) is 0 Å². The molecule has 0 aromatic heterocycles. The van der Waals surface area contributed by atoms with Crippen LogP contribution in [0.1, 0.15) is 5.56 Å². The van der Waals surface area contributed by atoms with Gasteiger partial charge in [0.25, 0.3) is 0 Å². The van der Waals surface area contributed by atoms with E-state index in [1.165, 1.54) is 25.3 Å². The molecular weight excluding hydrogens is 222 g/mol. The van der Waals surface area contributed by atoms with E-state index >= 15 is 0 Å². The second-order valence-corrected chi connectivity index (χ2v) is 2.92. The first-order valence-corrected chi connectivity index (χ1v) is 4.36. The number of aliphatic carboxylic acids is 1. The van der Waals surface area contributed by atoms with Gasteiger partial charge in [-0.2, -0.15) is 8.78 Å². The average molecular weight is 232 g/mol. The summed E-state index contributed by atoms with van der Waals surface area (Å²) in [6.07, 6.45) is -0.316. The van der Waals surface area contributed by atoms with Crippen molar-refractivity contribution in [3.8, 4) is 11.5 Å². The Kier molecular flexibility index (Phi) is 4.04. The molecule has 0 bridgehead atoms. The van der Waals surface area contributed by atoms with Crippen LogP contribution in [0.3, 0.4) is 0 Å². The van der Waals surface area contributed by atoms with Crippen molar-refractivity contribution in [1.29, 1.82) is 0 Å². The van der Waals surface area contributed by atoms with Gasteiger partial charge in [0.2, 0.25) is 0 Å². The molecule has 0 heterocycles. The van der Waals surface area contributed by atoms with Crippen molar-refractivity contribution in [2.24, 2.45) is 0 Å². The number of methoxy groups -OCH3 is 1. The fraction of sp³-hybridized carbons (Fsp3) is 0.300. The van der Waals surface area contributed by atoms with Crippen molar-refractivity contribution >= 4 is 5.97 Å². The van der Waals surface area contributed by atoms with E-state index in [4.69, 9.17) is 9.84 Å². The molecule has 0 amide bonds. The number of carbonyl (C=O) groups is 1. The lowest BCUT2D eigenvalue weighted by Gasteiger charge is -2.09. The summed E-state index contributed by atoms with van der Waals surface area (Å²) >= 11 is 0. The van der Waals surface area contributed by atoms with E-state index in [2.05, 4.69) is 4.74 Å². The van der Waals surface area contributed by atoms with E-state index in [0.29, 0.717) is 5.75 Å². The molecular formula is C10H10F2O4. The van der Waals surface area contributed by atoms with E-state index in [0.717, 1.165) is 0 Å². The second-order valence-electron chi connectivity index (χ2n) is 2.92. The van der Waals surface area contributed by atoms with E-state index in [-0.39, 0.29) is 17.7 Å². The summed E-state index contributed by atoms with van der Waals surface area (Å²) in [6, 6.07) is 3.89. The lowest BCUT2D eigenvalue weighted by Crippen LogP contribution is -2.05. The quantitative estimate of drug-likeness (QED) is 0.842. The topological polar surface area (TPSA) is 55.8 Å². The van der Waals surface area contributed by atoms with Crippen LogP contribution in [0.5, 0.6) is 11.5 Å². The molecule has 1 aromatic carbocycles. The Labute approximate surface area is 90.4 Å².